The summed E-state index contributed by atoms with van der Waals surface area (Å²) >= 11 is 3.20. The molecule has 0 saturated carbocycles. The molecule has 1 atom stereocenters. The number of aromatic nitrogens is 3. The van der Waals surface area contributed by atoms with Crippen LogP contribution in [-0.2, 0) is 29.3 Å². The van der Waals surface area contributed by atoms with Crippen molar-refractivity contribution in [1.29, 1.82) is 0 Å². The van der Waals surface area contributed by atoms with Gasteiger partial charge in [0.05, 0.1) is 17.2 Å². The highest BCUT2D eigenvalue weighted by Crippen LogP contribution is 2.35. The lowest BCUT2D eigenvalue weighted by molar-refractivity contribution is -0.119. The predicted molar refractivity (Wildman–Crippen MR) is 97.0 cm³/mol. The van der Waals surface area contributed by atoms with Crippen molar-refractivity contribution in [3.05, 3.63) is 32.9 Å². The summed E-state index contributed by atoms with van der Waals surface area (Å²) in [5.74, 6) is 2.22. The van der Waals surface area contributed by atoms with Crippen LogP contribution in [0, 0.1) is 12.8 Å². The van der Waals surface area contributed by atoms with Gasteiger partial charge >= 0.3 is 0 Å². The van der Waals surface area contributed by atoms with E-state index in [1.807, 2.05) is 13.8 Å². The first-order chi connectivity index (χ1) is 12.1. The quantitative estimate of drug-likeness (QED) is 0.819. The second kappa shape index (κ2) is 6.53. The molecule has 9 heteroatoms. The van der Waals surface area contributed by atoms with Crippen LogP contribution in [0.25, 0.3) is 0 Å². The number of carbonyl (C=O) groups excluding carboxylic acids is 1. The molecule has 0 aromatic carbocycles. The molecular weight excluding hydrogens is 360 g/mol. The third-order valence-electron chi connectivity index (χ3n) is 4.57. The van der Waals surface area contributed by atoms with Gasteiger partial charge in [0.15, 0.2) is 5.16 Å². The molecule has 2 aromatic rings. The van der Waals surface area contributed by atoms with Crippen molar-refractivity contribution in [1.82, 2.24) is 14.7 Å². The molecule has 1 N–H and O–H groups in total. The predicted octanol–water partition coefficient (Wildman–Crippen LogP) is 2.21. The largest absolute Gasteiger partial charge is 0.338 e. The number of nitrogens with zero attached hydrogens (tertiary/aromatic N) is 3. The van der Waals surface area contributed by atoms with E-state index >= 15 is 0 Å². The molecule has 0 fully saturated rings. The minimum Gasteiger partial charge on any atom is -0.338 e. The van der Waals surface area contributed by atoms with Crippen molar-refractivity contribution in [2.75, 3.05) is 11.1 Å². The van der Waals surface area contributed by atoms with Gasteiger partial charge in [0.1, 0.15) is 0 Å². The van der Waals surface area contributed by atoms with Crippen LogP contribution in [0.3, 0.4) is 0 Å². The number of carbonyl (C=O) groups is 1. The van der Waals surface area contributed by atoms with Gasteiger partial charge < -0.3 is 4.52 Å². The smallest absolute Gasteiger partial charge is 0.257 e. The Hall–Kier alpha value is -1.74. The van der Waals surface area contributed by atoms with E-state index in [4.69, 9.17) is 4.52 Å². The lowest BCUT2D eigenvalue weighted by Gasteiger charge is -2.25. The van der Waals surface area contributed by atoms with Gasteiger partial charge in [0.25, 0.3) is 5.56 Å². The molecule has 0 aliphatic carbocycles. The first kappa shape index (κ1) is 16.7. The fraction of sp³-hybridized carbons (Fsp3) is 0.500. The number of fused-ring (bicyclic) bond motifs is 2. The lowest BCUT2D eigenvalue weighted by atomic mass is 10.1. The van der Waals surface area contributed by atoms with E-state index in [2.05, 4.69) is 15.5 Å². The van der Waals surface area contributed by atoms with Crippen molar-refractivity contribution < 1.29 is 9.32 Å². The van der Waals surface area contributed by atoms with E-state index in [1.54, 1.807) is 16.3 Å². The third kappa shape index (κ3) is 2.89. The summed E-state index contributed by atoms with van der Waals surface area (Å²) in [6.07, 6.45) is 0.640. The molecule has 0 bridgehead atoms. The van der Waals surface area contributed by atoms with E-state index in [0.29, 0.717) is 29.8 Å². The molecule has 2 aliphatic rings. The van der Waals surface area contributed by atoms with E-state index in [9.17, 15) is 9.59 Å². The van der Waals surface area contributed by atoms with Crippen molar-refractivity contribution >= 4 is 35.3 Å². The van der Waals surface area contributed by atoms with Gasteiger partial charge in [-0.2, -0.15) is 11.8 Å². The maximum Gasteiger partial charge on any atom is 0.257 e. The fourth-order valence-electron chi connectivity index (χ4n) is 3.13. The first-order valence-electron chi connectivity index (χ1n) is 8.17. The SMILES string of the molecule is CCc1c(C)nc2n(c1=O)CC(C(=O)Nc1onc3c1CSC3)CS2. The van der Waals surface area contributed by atoms with Crippen LogP contribution in [0.4, 0.5) is 5.88 Å². The molecular formula is C16H18N4O3S2. The minimum atomic E-state index is -0.306. The van der Waals surface area contributed by atoms with Crippen LogP contribution in [0.1, 0.15) is 29.4 Å². The monoisotopic (exact) mass is 378 g/mol. The average Bonchev–Trinajstić information content (AvgIpc) is 3.20. The normalized spacial score (nSPS) is 18.7. The number of aryl methyl sites for hydroxylation is 1. The summed E-state index contributed by atoms with van der Waals surface area (Å²) in [5.41, 5.74) is 3.35. The third-order valence-corrected chi connectivity index (χ3v) is 6.68. The molecule has 0 spiro atoms. The van der Waals surface area contributed by atoms with Crippen molar-refractivity contribution in [2.45, 2.75) is 43.5 Å². The van der Waals surface area contributed by atoms with Gasteiger partial charge in [-0.05, 0) is 13.3 Å². The number of anilines is 1. The number of hydrogen-bond acceptors (Lipinski definition) is 7. The summed E-state index contributed by atoms with van der Waals surface area (Å²) < 4.78 is 6.89. The molecule has 0 radical (unpaired) electrons. The number of thioether (sulfide) groups is 2. The van der Waals surface area contributed by atoms with Crippen LogP contribution < -0.4 is 10.9 Å². The van der Waals surface area contributed by atoms with Gasteiger partial charge in [0.2, 0.25) is 11.8 Å². The lowest BCUT2D eigenvalue weighted by Crippen LogP contribution is -2.38. The molecule has 0 saturated heterocycles. The molecule has 132 valence electrons. The van der Waals surface area contributed by atoms with Crippen LogP contribution in [0.2, 0.25) is 0 Å². The molecule has 7 nitrogen and oxygen atoms in total. The summed E-state index contributed by atoms with van der Waals surface area (Å²) in [6.45, 7) is 4.16. The van der Waals surface area contributed by atoms with Crippen LogP contribution in [0.5, 0.6) is 0 Å². The standard InChI is InChI=1S/C16H18N4O3S2/c1-3-10-8(2)17-16-20(15(10)22)4-9(5-25-16)13(21)18-14-11-6-24-7-12(11)19-23-14/h9H,3-7H2,1-2H3,(H,18,21). The van der Waals surface area contributed by atoms with Gasteiger partial charge in [-0.15, -0.1) is 0 Å². The zero-order valence-corrected chi connectivity index (χ0v) is 15.6. The number of nitrogens with one attached hydrogen (secondary N) is 1. The van der Waals surface area contributed by atoms with E-state index < -0.39 is 0 Å². The zero-order valence-electron chi connectivity index (χ0n) is 14.0. The van der Waals surface area contributed by atoms with Crippen molar-refractivity contribution in [3.8, 4) is 0 Å². The number of hydrogen-bond donors (Lipinski definition) is 1. The molecule has 1 amide bonds. The Morgan fingerprint density at radius 1 is 1.44 bits per heavy atom. The van der Waals surface area contributed by atoms with Crippen LogP contribution in [0.15, 0.2) is 14.5 Å². The molecule has 25 heavy (non-hydrogen) atoms. The molecule has 2 aromatic heterocycles. The highest BCUT2D eigenvalue weighted by molar-refractivity contribution is 7.99. The molecule has 4 rings (SSSR count). The first-order valence-corrected chi connectivity index (χ1v) is 10.3. The molecule has 1 unspecified atom stereocenters. The van der Waals surface area contributed by atoms with E-state index in [1.165, 1.54) is 11.8 Å². The summed E-state index contributed by atoms with van der Waals surface area (Å²) in [5, 5.41) is 7.54. The summed E-state index contributed by atoms with van der Waals surface area (Å²) in [7, 11) is 0. The molecule has 2 aliphatic heterocycles. The van der Waals surface area contributed by atoms with Gasteiger partial charge in [-0.25, -0.2) is 4.98 Å². The summed E-state index contributed by atoms with van der Waals surface area (Å²) in [6, 6.07) is 0. The second-order valence-electron chi connectivity index (χ2n) is 6.15. The second-order valence-corrected chi connectivity index (χ2v) is 8.13. The van der Waals surface area contributed by atoms with Crippen molar-refractivity contribution in [3.63, 3.8) is 0 Å². The molecule has 4 heterocycles. The van der Waals surface area contributed by atoms with E-state index in [-0.39, 0.29) is 17.4 Å². The highest BCUT2D eigenvalue weighted by Gasteiger charge is 2.30. The number of amides is 1. The Morgan fingerprint density at radius 3 is 3.08 bits per heavy atom. The maximum absolute atomic E-state index is 12.7. The highest BCUT2D eigenvalue weighted by atomic mass is 32.2. The van der Waals surface area contributed by atoms with Crippen LogP contribution >= 0.6 is 23.5 Å². The Kier molecular flexibility index (Phi) is 4.36. The van der Waals surface area contributed by atoms with Gasteiger partial charge in [0, 0.05) is 35.1 Å². The Morgan fingerprint density at radius 2 is 2.28 bits per heavy atom. The zero-order chi connectivity index (χ0) is 17.6. The van der Waals surface area contributed by atoms with E-state index in [0.717, 1.165) is 34.0 Å². The minimum absolute atomic E-state index is 0.0352. The van der Waals surface area contributed by atoms with Gasteiger partial charge in [-0.1, -0.05) is 23.8 Å². The maximum atomic E-state index is 12.7. The summed E-state index contributed by atoms with van der Waals surface area (Å²) in [4.78, 5) is 29.8. The Labute approximate surface area is 152 Å². The van der Waals surface area contributed by atoms with Gasteiger partial charge in [-0.3, -0.25) is 19.5 Å². The van der Waals surface area contributed by atoms with Crippen molar-refractivity contribution in [2.24, 2.45) is 5.92 Å². The van der Waals surface area contributed by atoms with Crippen LogP contribution in [-0.4, -0.2) is 26.4 Å². The fourth-order valence-corrected chi connectivity index (χ4v) is 5.27. The topological polar surface area (TPSA) is 90.0 Å². The Balaban J connectivity index is 1.55. The average molecular weight is 378 g/mol. The number of rotatable bonds is 3. The Bertz CT molecular complexity index is 906.